The molecule has 2 N–H and O–H groups in total. The fourth-order valence-electron chi connectivity index (χ4n) is 2.41. The molecule has 5 nitrogen and oxygen atoms in total. The highest BCUT2D eigenvalue weighted by molar-refractivity contribution is 7.89. The molecule has 1 aromatic carbocycles. The molecular formula is C18H30N2O3S. The Morgan fingerprint density at radius 2 is 1.75 bits per heavy atom. The Kier molecular flexibility index (Phi) is 7.42. The summed E-state index contributed by atoms with van der Waals surface area (Å²) in [5.74, 6) is 0.0297. The van der Waals surface area contributed by atoms with Gasteiger partial charge in [-0.3, -0.25) is 4.79 Å². The van der Waals surface area contributed by atoms with Crippen molar-refractivity contribution in [2.45, 2.75) is 76.8 Å². The van der Waals surface area contributed by atoms with E-state index in [1.54, 1.807) is 45.0 Å². The summed E-state index contributed by atoms with van der Waals surface area (Å²) in [6, 6.07) is 6.89. The molecule has 136 valence electrons. The summed E-state index contributed by atoms with van der Waals surface area (Å²) in [5.41, 5.74) is 0.424. The average Bonchev–Trinajstić information content (AvgIpc) is 2.43. The summed E-state index contributed by atoms with van der Waals surface area (Å²) >= 11 is 0. The van der Waals surface area contributed by atoms with Crippen molar-refractivity contribution in [2.24, 2.45) is 0 Å². The minimum absolute atomic E-state index is 0.0297. The van der Waals surface area contributed by atoms with Gasteiger partial charge in [0.15, 0.2) is 0 Å². The standard InChI is InChI=1S/C18H30N2O3S/c1-6-7-14(2)19-17(21)13-10-15-8-11-16(12-9-15)24(22,23)20-18(3,4)5/h8-9,11-12,14,20H,6-7,10,13H2,1-5H3,(H,19,21)/t14-/m1/s1. The highest BCUT2D eigenvalue weighted by atomic mass is 32.2. The number of sulfonamides is 1. The van der Waals surface area contributed by atoms with Gasteiger partial charge in [-0.15, -0.1) is 0 Å². The maximum atomic E-state index is 12.2. The van der Waals surface area contributed by atoms with Crippen molar-refractivity contribution in [2.75, 3.05) is 0 Å². The number of carbonyl (C=O) groups is 1. The Hall–Kier alpha value is -1.40. The minimum Gasteiger partial charge on any atom is -0.354 e. The number of amides is 1. The number of carbonyl (C=O) groups excluding carboxylic acids is 1. The zero-order chi connectivity index (χ0) is 18.4. The quantitative estimate of drug-likeness (QED) is 0.753. The van der Waals surface area contributed by atoms with E-state index in [-0.39, 0.29) is 16.8 Å². The molecule has 0 bridgehead atoms. The Balaban J connectivity index is 2.61. The fraction of sp³-hybridized carbons (Fsp3) is 0.611. The number of aryl methyl sites for hydroxylation is 1. The molecule has 0 saturated heterocycles. The number of hydrogen-bond acceptors (Lipinski definition) is 3. The van der Waals surface area contributed by atoms with E-state index in [0.29, 0.717) is 12.8 Å². The van der Waals surface area contributed by atoms with E-state index in [4.69, 9.17) is 0 Å². The van der Waals surface area contributed by atoms with E-state index < -0.39 is 15.6 Å². The van der Waals surface area contributed by atoms with Crippen molar-refractivity contribution >= 4 is 15.9 Å². The predicted molar refractivity (Wildman–Crippen MR) is 97.4 cm³/mol. The molecule has 0 heterocycles. The first kappa shape index (κ1) is 20.6. The first-order valence-corrected chi connectivity index (χ1v) is 9.94. The van der Waals surface area contributed by atoms with Crippen LogP contribution in [-0.4, -0.2) is 25.9 Å². The minimum atomic E-state index is -3.52. The van der Waals surface area contributed by atoms with Gasteiger partial charge < -0.3 is 5.32 Å². The predicted octanol–water partition coefficient (Wildman–Crippen LogP) is 3.00. The fourth-order valence-corrected chi connectivity index (χ4v) is 3.83. The Labute approximate surface area is 146 Å². The molecular weight excluding hydrogens is 324 g/mol. The highest BCUT2D eigenvalue weighted by Gasteiger charge is 2.21. The third-order valence-electron chi connectivity index (χ3n) is 3.44. The number of nitrogens with one attached hydrogen (secondary N) is 2. The summed E-state index contributed by atoms with van der Waals surface area (Å²) in [6.45, 7) is 9.50. The van der Waals surface area contributed by atoms with E-state index in [0.717, 1.165) is 18.4 Å². The molecule has 0 aliphatic heterocycles. The third kappa shape index (κ3) is 7.45. The third-order valence-corrected chi connectivity index (χ3v) is 5.22. The van der Waals surface area contributed by atoms with Crippen molar-refractivity contribution in [3.63, 3.8) is 0 Å². The Bertz CT molecular complexity index is 631. The van der Waals surface area contributed by atoms with Crippen molar-refractivity contribution in [3.8, 4) is 0 Å². The zero-order valence-corrected chi connectivity index (χ0v) is 16.2. The lowest BCUT2D eigenvalue weighted by Crippen LogP contribution is -2.40. The largest absolute Gasteiger partial charge is 0.354 e. The van der Waals surface area contributed by atoms with E-state index >= 15 is 0 Å². The summed E-state index contributed by atoms with van der Waals surface area (Å²) in [6.07, 6.45) is 3.01. The van der Waals surface area contributed by atoms with Gasteiger partial charge in [-0.1, -0.05) is 25.5 Å². The van der Waals surface area contributed by atoms with Crippen LogP contribution >= 0.6 is 0 Å². The summed E-state index contributed by atoms with van der Waals surface area (Å²) in [5, 5.41) is 2.97. The maximum absolute atomic E-state index is 12.2. The number of benzene rings is 1. The van der Waals surface area contributed by atoms with Crippen molar-refractivity contribution in [1.29, 1.82) is 0 Å². The second-order valence-electron chi connectivity index (χ2n) is 7.26. The first-order chi connectivity index (χ1) is 11.0. The molecule has 1 aromatic rings. The van der Waals surface area contributed by atoms with Gasteiger partial charge in [-0.2, -0.15) is 0 Å². The van der Waals surface area contributed by atoms with E-state index in [9.17, 15) is 13.2 Å². The van der Waals surface area contributed by atoms with Crippen LogP contribution in [0.4, 0.5) is 0 Å². The van der Waals surface area contributed by atoms with Gasteiger partial charge in [0, 0.05) is 18.0 Å². The van der Waals surface area contributed by atoms with Crippen LogP contribution in [0.5, 0.6) is 0 Å². The molecule has 0 saturated carbocycles. The second-order valence-corrected chi connectivity index (χ2v) is 8.94. The molecule has 1 atom stereocenters. The summed E-state index contributed by atoms with van der Waals surface area (Å²) in [4.78, 5) is 12.1. The lowest BCUT2D eigenvalue weighted by atomic mass is 10.1. The Morgan fingerprint density at radius 3 is 2.25 bits per heavy atom. The normalized spacial score (nSPS) is 13.5. The van der Waals surface area contributed by atoms with Gasteiger partial charge in [-0.05, 0) is 58.2 Å². The summed E-state index contributed by atoms with van der Waals surface area (Å²) < 4.78 is 27.1. The molecule has 0 fully saturated rings. The van der Waals surface area contributed by atoms with Gasteiger partial charge in [0.25, 0.3) is 0 Å². The SMILES string of the molecule is CCC[C@@H](C)NC(=O)CCc1ccc(S(=O)(=O)NC(C)(C)C)cc1. The summed E-state index contributed by atoms with van der Waals surface area (Å²) in [7, 11) is -3.52. The molecule has 24 heavy (non-hydrogen) atoms. The van der Waals surface area contributed by atoms with Crippen LogP contribution < -0.4 is 10.0 Å². The van der Waals surface area contributed by atoms with Crippen molar-refractivity contribution in [1.82, 2.24) is 10.0 Å². The molecule has 0 aliphatic carbocycles. The van der Waals surface area contributed by atoms with Gasteiger partial charge in [0.1, 0.15) is 0 Å². The average molecular weight is 355 g/mol. The number of rotatable bonds is 8. The van der Waals surface area contributed by atoms with E-state index in [2.05, 4.69) is 17.0 Å². The van der Waals surface area contributed by atoms with Gasteiger partial charge in [0.2, 0.25) is 15.9 Å². The molecule has 6 heteroatoms. The molecule has 0 radical (unpaired) electrons. The topological polar surface area (TPSA) is 75.3 Å². The highest BCUT2D eigenvalue weighted by Crippen LogP contribution is 2.14. The van der Waals surface area contributed by atoms with E-state index in [1.165, 1.54) is 0 Å². The monoisotopic (exact) mass is 354 g/mol. The second kappa shape index (κ2) is 8.62. The molecule has 1 rings (SSSR count). The van der Waals surface area contributed by atoms with Crippen molar-refractivity contribution in [3.05, 3.63) is 29.8 Å². The Morgan fingerprint density at radius 1 is 1.17 bits per heavy atom. The van der Waals surface area contributed by atoms with Crippen LogP contribution in [0.15, 0.2) is 29.2 Å². The van der Waals surface area contributed by atoms with Gasteiger partial charge in [-0.25, -0.2) is 13.1 Å². The van der Waals surface area contributed by atoms with Crippen LogP contribution in [0.1, 0.15) is 59.4 Å². The molecule has 0 aliphatic rings. The molecule has 0 spiro atoms. The van der Waals surface area contributed by atoms with Crippen LogP contribution in [-0.2, 0) is 21.2 Å². The van der Waals surface area contributed by atoms with Crippen LogP contribution in [0.25, 0.3) is 0 Å². The van der Waals surface area contributed by atoms with Crippen LogP contribution in [0.3, 0.4) is 0 Å². The van der Waals surface area contributed by atoms with E-state index in [1.807, 2.05) is 6.92 Å². The van der Waals surface area contributed by atoms with Gasteiger partial charge in [0.05, 0.1) is 4.90 Å². The first-order valence-electron chi connectivity index (χ1n) is 8.46. The molecule has 0 unspecified atom stereocenters. The number of hydrogen-bond donors (Lipinski definition) is 2. The lowest BCUT2D eigenvalue weighted by molar-refractivity contribution is -0.121. The lowest BCUT2D eigenvalue weighted by Gasteiger charge is -2.20. The zero-order valence-electron chi connectivity index (χ0n) is 15.3. The molecule has 1 amide bonds. The molecule has 0 aromatic heterocycles. The van der Waals surface area contributed by atoms with Crippen LogP contribution in [0.2, 0.25) is 0 Å². The van der Waals surface area contributed by atoms with Crippen molar-refractivity contribution < 1.29 is 13.2 Å². The van der Waals surface area contributed by atoms with Gasteiger partial charge >= 0.3 is 0 Å². The maximum Gasteiger partial charge on any atom is 0.241 e. The van der Waals surface area contributed by atoms with Crippen LogP contribution in [0, 0.1) is 0 Å². The smallest absolute Gasteiger partial charge is 0.241 e.